The minimum absolute atomic E-state index is 0. The Morgan fingerprint density at radius 1 is 1.10 bits per heavy atom. The molecular formula is C15H18Cl2N2O. The molecule has 0 bridgehead atoms. The Morgan fingerprint density at radius 3 is 2.35 bits per heavy atom. The van der Waals surface area contributed by atoms with Gasteiger partial charge in [-0.1, -0.05) is 36.4 Å². The van der Waals surface area contributed by atoms with E-state index in [1.165, 1.54) is 4.53 Å². The molecule has 0 atom stereocenters. The summed E-state index contributed by atoms with van der Waals surface area (Å²) in [4.78, 5) is 12.3. The summed E-state index contributed by atoms with van der Waals surface area (Å²) in [7, 11) is 0. The first-order chi connectivity index (χ1) is 8.89. The van der Waals surface area contributed by atoms with Crippen LogP contribution in [-0.4, -0.2) is 16.0 Å². The van der Waals surface area contributed by atoms with Gasteiger partial charge in [-0.25, -0.2) is 0 Å². The maximum absolute atomic E-state index is 12.3. The monoisotopic (exact) mass is 312 g/mol. The van der Waals surface area contributed by atoms with Crippen molar-refractivity contribution in [3.05, 3.63) is 48.0 Å². The van der Waals surface area contributed by atoms with Crippen molar-refractivity contribution in [1.29, 1.82) is 0 Å². The van der Waals surface area contributed by atoms with E-state index in [4.69, 9.17) is 11.8 Å². The number of carbonyl (C=O) groups excluding carboxylic acids is 1. The van der Waals surface area contributed by atoms with E-state index in [9.17, 15) is 4.79 Å². The van der Waals surface area contributed by atoms with Crippen molar-refractivity contribution in [2.45, 2.75) is 26.3 Å². The van der Waals surface area contributed by atoms with Gasteiger partial charge in [-0.2, -0.15) is 0 Å². The summed E-state index contributed by atoms with van der Waals surface area (Å²) in [6, 6.07) is 13.4. The molecule has 0 unspecified atom stereocenters. The zero-order valence-corrected chi connectivity index (χ0v) is 13.3. The number of benzene rings is 2. The second-order valence-corrected chi connectivity index (χ2v) is 5.76. The fraction of sp³-hybridized carbons (Fsp3) is 0.267. The third kappa shape index (κ3) is 3.63. The van der Waals surface area contributed by atoms with Crippen molar-refractivity contribution < 1.29 is 4.79 Å². The summed E-state index contributed by atoms with van der Waals surface area (Å²) < 4.78 is 1.30. The van der Waals surface area contributed by atoms with Gasteiger partial charge in [-0.3, -0.25) is 10.2 Å². The third-order valence-corrected chi connectivity index (χ3v) is 3.41. The first kappa shape index (κ1) is 16.8. The lowest BCUT2D eigenvalue weighted by molar-refractivity contribution is 0.0807. The van der Waals surface area contributed by atoms with E-state index in [1.807, 2.05) is 57.2 Å². The Balaban J connectivity index is 0.00000200. The predicted octanol–water partition coefficient (Wildman–Crippen LogP) is 4.16. The number of halogens is 2. The van der Waals surface area contributed by atoms with Gasteiger partial charge in [0.2, 0.25) is 0 Å². The van der Waals surface area contributed by atoms with Gasteiger partial charge in [-0.15, -0.1) is 16.9 Å². The molecule has 0 heterocycles. The van der Waals surface area contributed by atoms with Gasteiger partial charge in [0.1, 0.15) is 0 Å². The molecule has 0 saturated carbocycles. The molecule has 0 aliphatic rings. The Hall–Kier alpha value is -1.29. The molecule has 2 aromatic carbocycles. The zero-order chi connectivity index (χ0) is 14.0. The van der Waals surface area contributed by atoms with Crippen molar-refractivity contribution in [3.63, 3.8) is 0 Å². The molecule has 0 fully saturated rings. The third-order valence-electron chi connectivity index (χ3n) is 2.82. The van der Waals surface area contributed by atoms with Crippen LogP contribution in [-0.2, 0) is 0 Å². The summed E-state index contributed by atoms with van der Waals surface area (Å²) in [6.07, 6.45) is 0. The van der Waals surface area contributed by atoms with E-state index in [0.717, 1.165) is 10.8 Å². The van der Waals surface area contributed by atoms with Gasteiger partial charge in [0, 0.05) is 22.9 Å². The highest BCUT2D eigenvalue weighted by molar-refractivity contribution is 6.15. The molecule has 0 radical (unpaired) electrons. The Bertz CT molecular complexity index is 603. The first-order valence-electron chi connectivity index (χ1n) is 6.14. The number of hydrogen-bond donors (Lipinski definition) is 1. The second-order valence-electron chi connectivity index (χ2n) is 5.42. The first-order valence-corrected chi connectivity index (χ1v) is 6.48. The molecule has 20 heavy (non-hydrogen) atoms. The van der Waals surface area contributed by atoms with E-state index in [1.54, 1.807) is 6.07 Å². The SMILES string of the molecule is CC(C)(C)N(Cl)NC(=O)c1cccc2ccccc12.Cl. The number of nitrogens with zero attached hydrogens (tertiary/aromatic N) is 1. The molecule has 108 valence electrons. The van der Waals surface area contributed by atoms with Crippen molar-refractivity contribution in [2.75, 3.05) is 0 Å². The molecule has 2 aromatic rings. The van der Waals surface area contributed by atoms with E-state index in [0.29, 0.717) is 5.56 Å². The van der Waals surface area contributed by atoms with Crippen LogP contribution >= 0.6 is 24.2 Å². The summed E-state index contributed by atoms with van der Waals surface area (Å²) in [5, 5.41) is 1.95. The molecule has 1 N–H and O–H groups in total. The lowest BCUT2D eigenvalue weighted by Gasteiger charge is -2.28. The van der Waals surface area contributed by atoms with Crippen molar-refractivity contribution >= 4 is 40.9 Å². The number of amides is 1. The Morgan fingerprint density at radius 2 is 1.70 bits per heavy atom. The van der Waals surface area contributed by atoms with Gasteiger partial charge < -0.3 is 0 Å². The molecular weight excluding hydrogens is 295 g/mol. The van der Waals surface area contributed by atoms with Gasteiger partial charge in [0.05, 0.1) is 0 Å². The molecule has 5 heteroatoms. The number of hydrazine groups is 1. The molecule has 0 saturated heterocycles. The molecule has 0 aliphatic heterocycles. The molecule has 0 spiro atoms. The van der Waals surface area contributed by atoms with Crippen LogP contribution in [0.2, 0.25) is 0 Å². The van der Waals surface area contributed by atoms with Gasteiger partial charge in [0.25, 0.3) is 5.91 Å². The minimum atomic E-state index is -0.345. The topological polar surface area (TPSA) is 32.3 Å². The quantitative estimate of drug-likeness (QED) is 0.667. The highest BCUT2D eigenvalue weighted by Gasteiger charge is 2.22. The van der Waals surface area contributed by atoms with E-state index in [2.05, 4.69) is 5.43 Å². The highest BCUT2D eigenvalue weighted by Crippen LogP contribution is 2.19. The largest absolute Gasteiger partial charge is 0.270 e. The van der Waals surface area contributed by atoms with E-state index >= 15 is 0 Å². The number of fused-ring (bicyclic) bond motifs is 1. The maximum Gasteiger partial charge on any atom is 0.267 e. The Kier molecular flexibility index (Phi) is 5.40. The fourth-order valence-electron chi connectivity index (χ4n) is 1.74. The standard InChI is InChI=1S/C15H17ClN2O.ClH/c1-15(2,3)18(16)17-14(19)13-10-6-8-11-7-4-5-9-12(11)13;/h4-10H,1-3H3,(H,17,19);1H. The van der Waals surface area contributed by atoms with Crippen LogP contribution in [0, 0.1) is 0 Å². The summed E-state index contributed by atoms with van der Waals surface area (Å²) in [5.74, 6) is -0.207. The van der Waals surface area contributed by atoms with E-state index in [-0.39, 0.29) is 23.9 Å². The average Bonchev–Trinajstić information content (AvgIpc) is 2.36. The van der Waals surface area contributed by atoms with Crippen molar-refractivity contribution in [3.8, 4) is 0 Å². The summed E-state index contributed by atoms with van der Waals surface area (Å²) >= 11 is 6.05. The minimum Gasteiger partial charge on any atom is -0.270 e. The lowest BCUT2D eigenvalue weighted by atomic mass is 10.0. The number of hydrogen-bond acceptors (Lipinski definition) is 2. The average molecular weight is 313 g/mol. The summed E-state index contributed by atoms with van der Waals surface area (Å²) in [5.41, 5.74) is 2.96. The number of rotatable bonds is 2. The van der Waals surface area contributed by atoms with Crippen LogP contribution < -0.4 is 5.43 Å². The van der Waals surface area contributed by atoms with Crippen LogP contribution in [0.3, 0.4) is 0 Å². The smallest absolute Gasteiger partial charge is 0.267 e. The van der Waals surface area contributed by atoms with Crippen LogP contribution in [0.1, 0.15) is 31.1 Å². The van der Waals surface area contributed by atoms with Gasteiger partial charge >= 0.3 is 0 Å². The molecule has 0 aliphatic carbocycles. The van der Waals surface area contributed by atoms with Crippen LogP contribution in [0.15, 0.2) is 42.5 Å². The van der Waals surface area contributed by atoms with E-state index < -0.39 is 0 Å². The number of carbonyl (C=O) groups is 1. The lowest BCUT2D eigenvalue weighted by Crippen LogP contribution is -2.46. The van der Waals surface area contributed by atoms with Crippen LogP contribution in [0.4, 0.5) is 0 Å². The molecule has 3 nitrogen and oxygen atoms in total. The normalized spacial score (nSPS) is 11.2. The maximum atomic E-state index is 12.3. The Labute approximate surface area is 130 Å². The summed E-state index contributed by atoms with van der Waals surface area (Å²) in [6.45, 7) is 5.76. The second kappa shape index (κ2) is 6.44. The van der Waals surface area contributed by atoms with Gasteiger partial charge in [-0.05, 0) is 37.6 Å². The van der Waals surface area contributed by atoms with Gasteiger partial charge in [0.15, 0.2) is 0 Å². The fourth-order valence-corrected chi connectivity index (χ4v) is 1.82. The van der Waals surface area contributed by atoms with Crippen molar-refractivity contribution in [2.24, 2.45) is 0 Å². The molecule has 1 amide bonds. The predicted molar refractivity (Wildman–Crippen MR) is 86.1 cm³/mol. The molecule has 2 rings (SSSR count). The van der Waals surface area contributed by atoms with Crippen LogP contribution in [0.25, 0.3) is 10.8 Å². The highest BCUT2D eigenvalue weighted by atomic mass is 35.5. The molecule has 0 aromatic heterocycles. The van der Waals surface area contributed by atoms with Crippen molar-refractivity contribution in [1.82, 2.24) is 9.95 Å². The number of nitrogens with one attached hydrogen (secondary N) is 1. The van der Waals surface area contributed by atoms with Crippen LogP contribution in [0.5, 0.6) is 0 Å². The zero-order valence-electron chi connectivity index (χ0n) is 11.7.